The van der Waals surface area contributed by atoms with Crippen molar-refractivity contribution < 1.29 is 13.9 Å². The maximum Gasteiger partial charge on any atom is 0.334 e. The number of para-hydroxylation sites is 1. The Balaban J connectivity index is 1.56. The first-order valence-corrected chi connectivity index (χ1v) is 11.1. The normalized spacial score (nSPS) is 15.9. The molecule has 0 saturated carbocycles. The summed E-state index contributed by atoms with van der Waals surface area (Å²) in [6.07, 6.45) is 6.03. The van der Waals surface area contributed by atoms with Crippen LogP contribution < -0.4 is 10.4 Å². The van der Waals surface area contributed by atoms with Crippen LogP contribution in [0, 0.1) is 5.82 Å². The Bertz CT molecular complexity index is 1430. The zero-order chi connectivity index (χ0) is 23.7. The number of imidazole rings is 1. The Hall–Kier alpha value is -4.20. The van der Waals surface area contributed by atoms with Crippen molar-refractivity contribution in [2.75, 3.05) is 13.1 Å². The number of pyridine rings is 1. The smallest absolute Gasteiger partial charge is 0.334 e. The summed E-state index contributed by atoms with van der Waals surface area (Å²) in [5.41, 5.74) is 1.31. The number of likely N-dealkylation sites (tertiary alicyclic amines) is 1. The number of piperidine rings is 1. The molecule has 172 valence electrons. The number of amides is 1. The monoisotopic (exact) mass is 458 g/mol. The van der Waals surface area contributed by atoms with E-state index in [1.54, 1.807) is 58.3 Å². The Morgan fingerprint density at radius 3 is 2.74 bits per heavy atom. The fourth-order valence-electron chi connectivity index (χ4n) is 4.49. The highest BCUT2D eigenvalue weighted by molar-refractivity contribution is 5.87. The van der Waals surface area contributed by atoms with E-state index in [0.717, 1.165) is 12.8 Å². The third-order valence-corrected chi connectivity index (χ3v) is 6.07. The summed E-state index contributed by atoms with van der Waals surface area (Å²) in [7, 11) is 0. The highest BCUT2D eigenvalue weighted by atomic mass is 19.1. The van der Waals surface area contributed by atoms with Crippen molar-refractivity contribution >= 4 is 16.9 Å². The molecule has 7 nitrogen and oxygen atoms in total. The molecule has 5 rings (SSSR count). The van der Waals surface area contributed by atoms with E-state index in [0.29, 0.717) is 35.6 Å². The molecule has 1 amide bonds. The molecule has 0 bridgehead atoms. The summed E-state index contributed by atoms with van der Waals surface area (Å²) in [6, 6.07) is 14.9. The lowest BCUT2D eigenvalue weighted by Crippen LogP contribution is -2.42. The molecule has 3 heterocycles. The van der Waals surface area contributed by atoms with Gasteiger partial charge in [-0.15, -0.1) is 0 Å². The van der Waals surface area contributed by atoms with Crippen LogP contribution in [-0.2, 0) is 4.79 Å². The van der Waals surface area contributed by atoms with Crippen LogP contribution >= 0.6 is 0 Å². The first-order chi connectivity index (χ1) is 16.6. The predicted molar refractivity (Wildman–Crippen MR) is 127 cm³/mol. The van der Waals surface area contributed by atoms with Crippen molar-refractivity contribution in [3.05, 3.63) is 95.9 Å². The predicted octanol–water partition coefficient (Wildman–Crippen LogP) is 4.47. The largest absolute Gasteiger partial charge is 0.454 e. The van der Waals surface area contributed by atoms with E-state index in [1.165, 1.54) is 22.8 Å². The molecular formula is C26H23FN4O3. The number of carbonyl (C=O) groups excluding carboxylic acids is 1. The maximum absolute atomic E-state index is 15.0. The van der Waals surface area contributed by atoms with Crippen molar-refractivity contribution in [1.82, 2.24) is 19.0 Å². The number of fused-ring (bicyclic) bond motifs is 1. The first-order valence-electron chi connectivity index (χ1n) is 11.1. The lowest BCUT2D eigenvalue weighted by Gasteiger charge is -2.32. The van der Waals surface area contributed by atoms with Crippen LogP contribution in [0.3, 0.4) is 0 Å². The van der Waals surface area contributed by atoms with Crippen LogP contribution in [0.4, 0.5) is 4.39 Å². The lowest BCUT2D eigenvalue weighted by molar-refractivity contribution is -0.127. The Morgan fingerprint density at radius 1 is 1.15 bits per heavy atom. The van der Waals surface area contributed by atoms with Crippen LogP contribution in [-0.4, -0.2) is 38.0 Å². The molecule has 1 aliphatic heterocycles. The molecule has 1 aliphatic rings. The summed E-state index contributed by atoms with van der Waals surface area (Å²) in [5.74, 6) is -0.156. The van der Waals surface area contributed by atoms with Gasteiger partial charge in [0, 0.05) is 25.4 Å². The summed E-state index contributed by atoms with van der Waals surface area (Å²) >= 11 is 0. The fraction of sp³-hybridized carbons (Fsp3) is 0.192. The first kappa shape index (κ1) is 21.6. The second-order valence-electron chi connectivity index (χ2n) is 8.17. The average Bonchev–Trinajstić information content (AvgIpc) is 3.17. The van der Waals surface area contributed by atoms with Crippen molar-refractivity contribution in [3.63, 3.8) is 0 Å². The number of nitrogens with zero attached hydrogens (tertiary/aromatic N) is 4. The van der Waals surface area contributed by atoms with E-state index >= 15 is 0 Å². The van der Waals surface area contributed by atoms with E-state index in [1.807, 2.05) is 6.07 Å². The standard InChI is InChI=1S/C26H23FN4O3/c1-2-25(32)29-14-6-7-19(17-29)31-22-12-13-28-16-23(22)30(26(31)33)18-10-11-24(21(27)15-18)34-20-8-4-3-5-9-20/h2-5,8-13,15-16,19H,1,6-7,14,17H2/t19-/m1/s1. The van der Waals surface area contributed by atoms with Gasteiger partial charge >= 0.3 is 5.69 Å². The molecule has 4 aromatic rings. The third kappa shape index (κ3) is 3.87. The molecule has 1 atom stereocenters. The highest BCUT2D eigenvalue weighted by Gasteiger charge is 2.28. The zero-order valence-electron chi connectivity index (χ0n) is 18.4. The van der Waals surface area contributed by atoms with Crippen molar-refractivity contribution in [1.29, 1.82) is 0 Å². The van der Waals surface area contributed by atoms with E-state index in [4.69, 9.17) is 4.74 Å². The van der Waals surface area contributed by atoms with Gasteiger partial charge in [-0.2, -0.15) is 0 Å². The Kier molecular flexibility index (Phi) is 5.71. The number of rotatable bonds is 5. The molecule has 2 aromatic carbocycles. The molecule has 2 aromatic heterocycles. The average molecular weight is 458 g/mol. The number of hydrogen-bond donors (Lipinski definition) is 0. The van der Waals surface area contributed by atoms with Gasteiger partial charge in [-0.25, -0.2) is 9.18 Å². The van der Waals surface area contributed by atoms with Crippen LogP contribution in [0.5, 0.6) is 11.5 Å². The number of hydrogen-bond acceptors (Lipinski definition) is 4. The van der Waals surface area contributed by atoms with Gasteiger partial charge in [0.1, 0.15) is 5.75 Å². The highest BCUT2D eigenvalue weighted by Crippen LogP contribution is 2.29. The van der Waals surface area contributed by atoms with Gasteiger partial charge in [-0.1, -0.05) is 24.8 Å². The summed E-state index contributed by atoms with van der Waals surface area (Å²) in [6.45, 7) is 4.61. The number of halogens is 1. The van der Waals surface area contributed by atoms with Crippen LogP contribution in [0.25, 0.3) is 16.7 Å². The van der Waals surface area contributed by atoms with Crippen molar-refractivity contribution in [2.45, 2.75) is 18.9 Å². The minimum absolute atomic E-state index is 0.0655. The van der Waals surface area contributed by atoms with Crippen LogP contribution in [0.2, 0.25) is 0 Å². The Morgan fingerprint density at radius 2 is 1.97 bits per heavy atom. The van der Waals surface area contributed by atoms with Crippen molar-refractivity contribution in [2.24, 2.45) is 0 Å². The Labute approximate surface area is 195 Å². The number of carbonyl (C=O) groups is 1. The van der Waals surface area contributed by atoms with Gasteiger partial charge in [0.05, 0.1) is 29.0 Å². The minimum atomic E-state index is -0.585. The lowest BCUT2D eigenvalue weighted by atomic mass is 10.1. The summed E-state index contributed by atoms with van der Waals surface area (Å²) < 4.78 is 23.8. The third-order valence-electron chi connectivity index (χ3n) is 6.07. The number of ether oxygens (including phenoxy) is 1. The number of benzene rings is 2. The van der Waals surface area contributed by atoms with Gasteiger partial charge in [-0.05, 0) is 49.2 Å². The quantitative estimate of drug-likeness (QED) is 0.414. The van der Waals surface area contributed by atoms with Crippen molar-refractivity contribution in [3.8, 4) is 17.2 Å². The fourth-order valence-corrected chi connectivity index (χ4v) is 4.49. The molecule has 8 heteroatoms. The van der Waals surface area contributed by atoms with E-state index in [2.05, 4.69) is 11.6 Å². The van der Waals surface area contributed by atoms with Gasteiger partial charge < -0.3 is 9.64 Å². The van der Waals surface area contributed by atoms with E-state index in [-0.39, 0.29) is 23.4 Å². The van der Waals surface area contributed by atoms with Gasteiger partial charge in [0.15, 0.2) is 11.6 Å². The maximum atomic E-state index is 15.0. The molecule has 34 heavy (non-hydrogen) atoms. The summed E-state index contributed by atoms with van der Waals surface area (Å²) in [5, 5.41) is 0. The van der Waals surface area contributed by atoms with Crippen LogP contribution in [0.15, 0.2) is 84.4 Å². The molecule has 0 radical (unpaired) electrons. The van der Waals surface area contributed by atoms with Gasteiger partial charge in [0.25, 0.3) is 0 Å². The van der Waals surface area contributed by atoms with Gasteiger partial charge in [0.2, 0.25) is 5.91 Å². The van der Waals surface area contributed by atoms with E-state index < -0.39 is 5.82 Å². The van der Waals surface area contributed by atoms with E-state index in [9.17, 15) is 14.0 Å². The molecule has 1 saturated heterocycles. The molecule has 1 fully saturated rings. The second-order valence-corrected chi connectivity index (χ2v) is 8.17. The number of aromatic nitrogens is 3. The van der Waals surface area contributed by atoms with Gasteiger partial charge in [-0.3, -0.25) is 18.9 Å². The molecule has 0 aliphatic carbocycles. The molecule has 0 N–H and O–H groups in total. The summed E-state index contributed by atoms with van der Waals surface area (Å²) in [4.78, 5) is 31.7. The SMILES string of the molecule is C=CC(=O)N1CCC[C@@H](n2c(=O)n(-c3ccc(Oc4ccccc4)c(F)c3)c3cnccc32)C1. The second kappa shape index (κ2) is 8.97. The topological polar surface area (TPSA) is 69.4 Å². The molecular weight excluding hydrogens is 435 g/mol. The zero-order valence-corrected chi connectivity index (χ0v) is 18.4. The molecule has 0 spiro atoms. The minimum Gasteiger partial charge on any atom is -0.454 e. The van der Waals surface area contributed by atoms with Crippen LogP contribution in [0.1, 0.15) is 18.9 Å². The molecule has 0 unspecified atom stereocenters.